The molecule has 0 radical (unpaired) electrons. The summed E-state index contributed by atoms with van der Waals surface area (Å²) in [5, 5.41) is 0. The summed E-state index contributed by atoms with van der Waals surface area (Å²) in [6, 6.07) is 0. The maximum Gasteiger partial charge on any atom is 0.126 e. The monoisotopic (exact) mass is 192 g/mol. The van der Waals surface area contributed by atoms with Crippen LogP contribution in [0.25, 0.3) is 0 Å². The summed E-state index contributed by atoms with van der Waals surface area (Å²) in [6.07, 6.45) is 5.00. The van der Waals surface area contributed by atoms with Crippen molar-refractivity contribution in [1.82, 2.24) is 0 Å². The van der Waals surface area contributed by atoms with E-state index in [1.54, 1.807) is 0 Å². The molecule has 62 valence electrons. The van der Waals surface area contributed by atoms with Crippen molar-refractivity contribution in [2.45, 2.75) is 11.3 Å². The van der Waals surface area contributed by atoms with Crippen LogP contribution in [0.15, 0.2) is 0 Å². The number of rotatable bonds is 3. The molecular weight excluding hydrogens is 183 g/mol. The molecule has 0 aliphatic heterocycles. The van der Waals surface area contributed by atoms with Crippen LogP contribution in [0.1, 0.15) is 6.92 Å². The molecule has 0 amide bonds. The molecule has 1 aliphatic carbocycles. The van der Waals surface area contributed by atoms with Crippen LogP contribution in [0.5, 0.6) is 0 Å². The van der Waals surface area contributed by atoms with Crippen LogP contribution >= 0.6 is 23.2 Å². The van der Waals surface area contributed by atoms with E-state index in [1.807, 2.05) is 6.92 Å². The normalized spacial score (nSPS) is 32.9. The first-order valence-corrected chi connectivity index (χ1v) is 4.25. The lowest BCUT2D eigenvalue weighted by molar-refractivity contribution is 0.152. The molecule has 0 bridgehead atoms. The predicted octanol–water partition coefficient (Wildman–Crippen LogP) is 2.08. The fraction of sp³-hybridized carbons (Fsp3) is 0.750. The van der Waals surface area contributed by atoms with E-state index >= 15 is 0 Å². The lowest BCUT2D eigenvalue weighted by Gasteiger charge is -1.98. The average Bonchev–Trinajstić information content (AvgIpc) is 2.39. The molecule has 3 heteroatoms. The zero-order chi connectivity index (χ0) is 8.48. The Balaban J connectivity index is 2.18. The van der Waals surface area contributed by atoms with Gasteiger partial charge in [-0.25, -0.2) is 0 Å². The Hall–Kier alpha value is 0.100. The first-order chi connectivity index (χ1) is 5.10. The fourth-order valence-corrected chi connectivity index (χ4v) is 1.74. The second-order valence-corrected chi connectivity index (χ2v) is 4.23. The number of hydrogen-bond donors (Lipinski definition) is 0. The van der Waals surface area contributed by atoms with Crippen molar-refractivity contribution in [2.75, 3.05) is 13.2 Å². The Bertz CT molecular complexity index is 183. The highest BCUT2D eigenvalue weighted by Crippen LogP contribution is 2.58. The highest BCUT2D eigenvalue weighted by Gasteiger charge is 2.60. The third-order valence-electron chi connectivity index (χ3n) is 2.08. The van der Waals surface area contributed by atoms with Gasteiger partial charge in [-0.3, -0.25) is 0 Å². The van der Waals surface area contributed by atoms with E-state index in [0.29, 0.717) is 19.1 Å². The first-order valence-electron chi connectivity index (χ1n) is 3.49. The number of ether oxygens (including phenoxy) is 1. The van der Waals surface area contributed by atoms with Crippen LogP contribution in [-0.4, -0.2) is 17.5 Å². The Morgan fingerprint density at radius 3 is 2.55 bits per heavy atom. The Kier molecular flexibility index (Phi) is 2.70. The third-order valence-corrected chi connectivity index (χ3v) is 3.33. The van der Waals surface area contributed by atoms with Crippen molar-refractivity contribution in [2.24, 2.45) is 11.8 Å². The van der Waals surface area contributed by atoms with E-state index in [9.17, 15) is 0 Å². The van der Waals surface area contributed by atoms with Crippen LogP contribution in [-0.2, 0) is 4.74 Å². The van der Waals surface area contributed by atoms with E-state index in [-0.39, 0.29) is 5.92 Å². The van der Waals surface area contributed by atoms with Gasteiger partial charge in [-0.05, 0) is 5.92 Å². The summed E-state index contributed by atoms with van der Waals surface area (Å²) >= 11 is 11.7. The van der Waals surface area contributed by atoms with Gasteiger partial charge in [-0.2, -0.15) is 0 Å². The Labute approximate surface area is 77.0 Å². The Morgan fingerprint density at radius 2 is 2.18 bits per heavy atom. The van der Waals surface area contributed by atoms with E-state index in [4.69, 9.17) is 34.4 Å². The van der Waals surface area contributed by atoms with Crippen LogP contribution in [0.2, 0.25) is 0 Å². The summed E-state index contributed by atoms with van der Waals surface area (Å²) in [4.78, 5) is 0. The van der Waals surface area contributed by atoms with Crippen molar-refractivity contribution in [3.05, 3.63) is 0 Å². The molecule has 0 N–H and O–H groups in total. The molecule has 0 aromatic rings. The van der Waals surface area contributed by atoms with Gasteiger partial charge in [-0.15, -0.1) is 29.6 Å². The van der Waals surface area contributed by atoms with Crippen LogP contribution in [0, 0.1) is 24.2 Å². The number of terminal acetylenes is 1. The van der Waals surface area contributed by atoms with Gasteiger partial charge >= 0.3 is 0 Å². The predicted molar refractivity (Wildman–Crippen MR) is 46.7 cm³/mol. The molecule has 0 spiro atoms. The molecule has 11 heavy (non-hydrogen) atoms. The third kappa shape index (κ3) is 1.82. The van der Waals surface area contributed by atoms with Crippen molar-refractivity contribution in [3.63, 3.8) is 0 Å². The van der Waals surface area contributed by atoms with Gasteiger partial charge in [0.1, 0.15) is 10.9 Å². The van der Waals surface area contributed by atoms with Gasteiger partial charge in [0.15, 0.2) is 0 Å². The summed E-state index contributed by atoms with van der Waals surface area (Å²) < 4.78 is 4.53. The molecule has 0 aromatic heterocycles. The Morgan fingerprint density at radius 1 is 1.64 bits per heavy atom. The summed E-state index contributed by atoms with van der Waals surface area (Å²) in [5.74, 6) is 2.96. The smallest absolute Gasteiger partial charge is 0.126 e. The number of alkyl halides is 2. The van der Waals surface area contributed by atoms with Crippen LogP contribution in [0.3, 0.4) is 0 Å². The highest BCUT2D eigenvalue weighted by molar-refractivity contribution is 6.51. The molecule has 1 aliphatic rings. The van der Waals surface area contributed by atoms with E-state index in [0.717, 1.165) is 0 Å². The molecule has 1 nitrogen and oxygen atoms in total. The van der Waals surface area contributed by atoms with Crippen molar-refractivity contribution in [3.8, 4) is 12.3 Å². The van der Waals surface area contributed by atoms with E-state index in [1.165, 1.54) is 0 Å². The number of hydrogen-bond acceptors (Lipinski definition) is 1. The fourth-order valence-electron chi connectivity index (χ4n) is 1.06. The maximum atomic E-state index is 5.87. The standard InChI is InChI=1S/C8H10Cl2O/c1-3-4-11-5-7-6(2)8(7,9)10/h1,6-7H,4-5H2,2H3. The lowest BCUT2D eigenvalue weighted by atomic mass is 10.4. The first kappa shape index (κ1) is 9.19. The van der Waals surface area contributed by atoms with Crippen molar-refractivity contribution >= 4 is 23.2 Å². The molecule has 1 saturated carbocycles. The van der Waals surface area contributed by atoms with E-state index in [2.05, 4.69) is 5.92 Å². The van der Waals surface area contributed by atoms with Gasteiger partial charge in [0, 0.05) is 5.92 Å². The topological polar surface area (TPSA) is 9.23 Å². The molecule has 1 fully saturated rings. The quantitative estimate of drug-likeness (QED) is 0.378. The minimum Gasteiger partial charge on any atom is -0.368 e. The maximum absolute atomic E-state index is 5.87. The minimum absolute atomic E-state index is 0.249. The zero-order valence-electron chi connectivity index (χ0n) is 6.31. The van der Waals surface area contributed by atoms with E-state index < -0.39 is 4.33 Å². The van der Waals surface area contributed by atoms with Crippen molar-refractivity contribution < 1.29 is 4.74 Å². The molecular formula is C8H10Cl2O. The molecule has 0 aromatic carbocycles. The minimum atomic E-state index is -0.575. The van der Waals surface area contributed by atoms with Gasteiger partial charge < -0.3 is 4.74 Å². The summed E-state index contributed by atoms with van der Waals surface area (Å²) in [6.45, 7) is 2.91. The van der Waals surface area contributed by atoms with Gasteiger partial charge in [0.05, 0.1) is 6.61 Å². The van der Waals surface area contributed by atoms with Gasteiger partial charge in [0.25, 0.3) is 0 Å². The lowest BCUT2D eigenvalue weighted by Crippen LogP contribution is -2.01. The van der Waals surface area contributed by atoms with Crippen molar-refractivity contribution in [1.29, 1.82) is 0 Å². The largest absolute Gasteiger partial charge is 0.368 e. The SMILES string of the molecule is C#CCOCC1C(C)C1(Cl)Cl. The molecule has 0 heterocycles. The molecule has 0 saturated heterocycles. The zero-order valence-corrected chi connectivity index (χ0v) is 7.82. The second-order valence-electron chi connectivity index (χ2n) is 2.79. The van der Waals surface area contributed by atoms with Gasteiger partial charge in [-0.1, -0.05) is 12.8 Å². The molecule has 1 rings (SSSR count). The highest BCUT2D eigenvalue weighted by atomic mass is 35.5. The van der Waals surface area contributed by atoms with Crippen LogP contribution < -0.4 is 0 Å². The summed E-state index contributed by atoms with van der Waals surface area (Å²) in [5.41, 5.74) is 0. The average molecular weight is 193 g/mol. The number of halogens is 2. The van der Waals surface area contributed by atoms with Gasteiger partial charge in [0.2, 0.25) is 0 Å². The molecule has 2 atom stereocenters. The van der Waals surface area contributed by atoms with Crippen LogP contribution in [0.4, 0.5) is 0 Å². The molecule has 2 unspecified atom stereocenters. The summed E-state index contributed by atoms with van der Waals surface area (Å²) in [7, 11) is 0. The second kappa shape index (κ2) is 3.23.